The lowest BCUT2D eigenvalue weighted by atomic mass is 10.0. The van der Waals surface area contributed by atoms with Gasteiger partial charge in [0.15, 0.2) is 0 Å². The molecule has 0 radical (unpaired) electrons. The first-order valence-corrected chi connectivity index (χ1v) is 14.1. The van der Waals surface area contributed by atoms with Gasteiger partial charge in [-0.1, -0.05) is 56.5 Å². The number of benzene rings is 2. The molecule has 224 valence electrons. The van der Waals surface area contributed by atoms with E-state index < -0.39 is 40.3 Å². The maximum atomic E-state index is 13.6. The Morgan fingerprint density at radius 3 is 2.33 bits per heavy atom. The van der Waals surface area contributed by atoms with Gasteiger partial charge in [-0.2, -0.15) is 0 Å². The van der Waals surface area contributed by atoms with Gasteiger partial charge in [0.25, 0.3) is 17.4 Å². The molecule has 1 fully saturated rings. The van der Waals surface area contributed by atoms with E-state index in [1.165, 1.54) is 22.7 Å². The van der Waals surface area contributed by atoms with E-state index in [9.17, 15) is 29.3 Å². The lowest BCUT2D eigenvalue weighted by Crippen LogP contribution is -2.61. The summed E-state index contributed by atoms with van der Waals surface area (Å²) in [4.78, 5) is 66.5. The Balaban J connectivity index is 1.90. The zero-order valence-electron chi connectivity index (χ0n) is 24.5. The van der Waals surface area contributed by atoms with Crippen molar-refractivity contribution in [3.8, 4) is 0 Å². The highest BCUT2D eigenvalue weighted by atomic mass is 32.2. The summed E-state index contributed by atoms with van der Waals surface area (Å²) < 4.78 is 9.97. The van der Waals surface area contributed by atoms with Crippen molar-refractivity contribution in [1.29, 1.82) is 0 Å². The third-order valence-corrected chi connectivity index (χ3v) is 7.66. The maximum Gasteiger partial charge on any atom is 0.410 e. The summed E-state index contributed by atoms with van der Waals surface area (Å²) in [5.41, 5.74) is 0.128. The molecule has 0 aliphatic carbocycles. The van der Waals surface area contributed by atoms with E-state index in [1.807, 2.05) is 38.1 Å². The number of carbonyl (C=O) groups excluding carboxylic acids is 4. The first-order valence-electron chi connectivity index (χ1n) is 13.3. The van der Waals surface area contributed by atoms with Gasteiger partial charge in [-0.15, -0.1) is 0 Å². The third kappa shape index (κ3) is 7.55. The van der Waals surface area contributed by atoms with Crippen molar-refractivity contribution in [3.63, 3.8) is 0 Å². The SMILES string of the molecule is C=C(C(=O)N1CCN(C(=O)OC(C)(C)C)CC1C(=O)C(=O)OC)c1ccc(Sc2ccccc2C(C)C)c([N+](=O)[O-])c1. The smallest absolute Gasteiger partial charge is 0.410 e. The lowest BCUT2D eigenvalue weighted by Gasteiger charge is -2.40. The number of Topliss-reactive ketones (excluding diaryl/α,β-unsaturated/α-hetero) is 1. The van der Waals surface area contributed by atoms with Crippen LogP contribution in [0.4, 0.5) is 10.5 Å². The molecule has 0 N–H and O–H groups in total. The number of hydrogen-bond donors (Lipinski definition) is 0. The van der Waals surface area contributed by atoms with Crippen LogP contribution >= 0.6 is 11.8 Å². The lowest BCUT2D eigenvalue weighted by molar-refractivity contribution is -0.387. The zero-order valence-corrected chi connectivity index (χ0v) is 25.4. The Hall–Kier alpha value is -4.19. The summed E-state index contributed by atoms with van der Waals surface area (Å²) in [6, 6.07) is 10.7. The Kier molecular flexibility index (Phi) is 10.2. The summed E-state index contributed by atoms with van der Waals surface area (Å²) in [5.74, 6) is -2.69. The summed E-state index contributed by atoms with van der Waals surface area (Å²) in [5, 5.41) is 12.0. The number of hydrogen-bond acceptors (Lipinski definition) is 9. The quantitative estimate of drug-likeness (QED) is 0.134. The fourth-order valence-electron chi connectivity index (χ4n) is 4.38. The molecule has 2 aromatic carbocycles. The minimum Gasteiger partial charge on any atom is -0.463 e. The predicted molar refractivity (Wildman–Crippen MR) is 157 cm³/mol. The van der Waals surface area contributed by atoms with E-state index in [0.29, 0.717) is 4.90 Å². The molecule has 1 saturated heterocycles. The van der Waals surface area contributed by atoms with Gasteiger partial charge < -0.3 is 19.3 Å². The third-order valence-electron chi connectivity index (χ3n) is 6.51. The number of nitrogens with zero attached hydrogens (tertiary/aromatic N) is 3. The first-order chi connectivity index (χ1) is 19.6. The highest BCUT2D eigenvalue weighted by molar-refractivity contribution is 7.99. The van der Waals surface area contributed by atoms with Crippen LogP contribution in [0.1, 0.15) is 51.7 Å². The van der Waals surface area contributed by atoms with E-state index >= 15 is 0 Å². The fourth-order valence-corrected chi connectivity index (χ4v) is 5.56. The number of rotatable bonds is 8. The zero-order chi connectivity index (χ0) is 31.4. The van der Waals surface area contributed by atoms with Crippen LogP contribution in [-0.4, -0.2) is 76.9 Å². The van der Waals surface area contributed by atoms with Gasteiger partial charge in [0.2, 0.25) is 0 Å². The maximum absolute atomic E-state index is 13.6. The average Bonchev–Trinajstić information content (AvgIpc) is 2.94. The van der Waals surface area contributed by atoms with E-state index in [1.54, 1.807) is 32.9 Å². The summed E-state index contributed by atoms with van der Waals surface area (Å²) in [7, 11) is 1.04. The van der Waals surface area contributed by atoms with Crippen LogP contribution in [0.5, 0.6) is 0 Å². The van der Waals surface area contributed by atoms with Crippen molar-refractivity contribution in [3.05, 3.63) is 70.3 Å². The van der Waals surface area contributed by atoms with Gasteiger partial charge in [0, 0.05) is 29.6 Å². The highest BCUT2D eigenvalue weighted by Gasteiger charge is 2.41. The molecule has 0 aromatic heterocycles. The molecule has 1 heterocycles. The molecular weight excluding hydrogens is 562 g/mol. The topological polar surface area (TPSA) is 136 Å². The summed E-state index contributed by atoms with van der Waals surface area (Å²) in [6.45, 7) is 12.6. The molecule has 42 heavy (non-hydrogen) atoms. The van der Waals surface area contributed by atoms with Crippen molar-refractivity contribution in [2.45, 2.75) is 62.0 Å². The first kappa shape index (κ1) is 32.3. The number of methoxy groups -OCH3 is 1. The van der Waals surface area contributed by atoms with E-state index in [-0.39, 0.29) is 42.4 Å². The molecule has 1 aliphatic heterocycles. The van der Waals surface area contributed by atoms with Crippen molar-refractivity contribution < 1.29 is 33.6 Å². The molecular formula is C30H35N3O8S. The number of carbonyl (C=O) groups is 4. The van der Waals surface area contributed by atoms with Crippen LogP contribution < -0.4 is 0 Å². The number of ether oxygens (including phenoxy) is 2. The van der Waals surface area contributed by atoms with Crippen LogP contribution in [-0.2, 0) is 23.9 Å². The van der Waals surface area contributed by atoms with Gasteiger partial charge in [-0.3, -0.25) is 19.7 Å². The summed E-state index contributed by atoms with van der Waals surface area (Å²) in [6.07, 6.45) is -0.696. The molecule has 2 amide bonds. The van der Waals surface area contributed by atoms with Crippen LogP contribution in [0.3, 0.4) is 0 Å². The van der Waals surface area contributed by atoms with Crippen LogP contribution in [0, 0.1) is 10.1 Å². The molecule has 1 atom stereocenters. The standard InChI is InChI=1S/C30H35N3O8S/c1-18(2)21-10-8-9-11-24(21)42-25-13-12-20(16-22(25)33(38)39)19(3)27(35)32-15-14-31(29(37)41-30(4,5)6)17-23(32)26(34)28(36)40-7/h8-13,16,18,23H,3,14-15,17H2,1-2,4-7H3. The van der Waals surface area contributed by atoms with Crippen LogP contribution in [0.2, 0.25) is 0 Å². The normalized spacial score (nSPS) is 15.3. The molecule has 3 rings (SSSR count). The van der Waals surface area contributed by atoms with Gasteiger partial charge in [-0.05, 0) is 49.9 Å². The van der Waals surface area contributed by atoms with E-state index in [4.69, 9.17) is 4.74 Å². The second kappa shape index (κ2) is 13.2. The second-order valence-electron chi connectivity index (χ2n) is 11.0. The number of esters is 1. The number of nitro groups is 1. The van der Waals surface area contributed by atoms with Gasteiger partial charge in [0.1, 0.15) is 11.6 Å². The number of piperazine rings is 1. The van der Waals surface area contributed by atoms with Crippen molar-refractivity contribution in [2.24, 2.45) is 0 Å². The highest BCUT2D eigenvalue weighted by Crippen LogP contribution is 2.39. The Bertz CT molecular complexity index is 1420. The molecule has 0 saturated carbocycles. The van der Waals surface area contributed by atoms with Crippen molar-refractivity contribution in [2.75, 3.05) is 26.7 Å². The number of nitro benzene ring substituents is 1. The van der Waals surface area contributed by atoms with Crippen LogP contribution in [0.25, 0.3) is 5.57 Å². The predicted octanol–water partition coefficient (Wildman–Crippen LogP) is 5.07. The monoisotopic (exact) mass is 597 g/mol. The molecule has 1 aliphatic rings. The molecule has 11 nitrogen and oxygen atoms in total. The molecule has 2 aromatic rings. The molecule has 1 unspecified atom stereocenters. The molecule has 0 bridgehead atoms. The Morgan fingerprint density at radius 1 is 1.07 bits per heavy atom. The number of amides is 2. The summed E-state index contributed by atoms with van der Waals surface area (Å²) >= 11 is 1.26. The number of ketones is 1. The van der Waals surface area contributed by atoms with Gasteiger partial charge >= 0.3 is 12.1 Å². The fraction of sp³-hybridized carbons (Fsp3) is 0.400. The van der Waals surface area contributed by atoms with E-state index in [2.05, 4.69) is 11.3 Å². The van der Waals surface area contributed by atoms with Crippen LogP contribution in [0.15, 0.2) is 58.8 Å². The molecule has 0 spiro atoms. The minimum atomic E-state index is -1.36. The minimum absolute atomic E-state index is 0.0316. The van der Waals surface area contributed by atoms with E-state index in [0.717, 1.165) is 22.5 Å². The van der Waals surface area contributed by atoms with Crippen molar-refractivity contribution >= 4 is 46.8 Å². The van der Waals surface area contributed by atoms with Gasteiger partial charge in [-0.25, -0.2) is 9.59 Å². The second-order valence-corrected chi connectivity index (χ2v) is 12.1. The Labute approximate surface area is 249 Å². The molecule has 12 heteroatoms. The Morgan fingerprint density at radius 2 is 1.74 bits per heavy atom. The average molecular weight is 598 g/mol. The van der Waals surface area contributed by atoms with Crippen molar-refractivity contribution in [1.82, 2.24) is 9.80 Å². The van der Waals surface area contributed by atoms with Gasteiger partial charge in [0.05, 0.1) is 23.5 Å². The largest absolute Gasteiger partial charge is 0.463 e.